The smallest absolute Gasteiger partial charge is 0.416 e. The minimum atomic E-state index is -4.56. The predicted octanol–water partition coefficient (Wildman–Crippen LogP) is 4.87. The highest BCUT2D eigenvalue weighted by atomic mass is 19.4. The number of aryl methyl sites for hydroxylation is 2. The number of hydrogen-bond donors (Lipinski definition) is 0. The topological polar surface area (TPSA) is 9.23 Å². The number of rotatable bonds is 4. The second kappa shape index (κ2) is 7.58. The molecule has 0 atom stereocenters. The molecule has 0 unspecified atom stereocenters. The van der Waals surface area contributed by atoms with Crippen molar-refractivity contribution >= 4 is 17.8 Å². The Kier molecular flexibility index (Phi) is 5.99. The van der Waals surface area contributed by atoms with E-state index in [0.717, 1.165) is 24.3 Å². The first kappa shape index (κ1) is 21.3. The van der Waals surface area contributed by atoms with Gasteiger partial charge in [0.1, 0.15) is 0 Å². The summed E-state index contributed by atoms with van der Waals surface area (Å²) in [4.78, 5) is 0. The predicted molar refractivity (Wildman–Crippen MR) is 93.6 cm³/mol. The molecule has 0 saturated carbocycles. The molecule has 27 heavy (non-hydrogen) atoms. The lowest BCUT2D eigenvalue weighted by atomic mass is 9.53. The molecule has 2 rings (SSSR count). The average molecular weight is 388 g/mol. The van der Waals surface area contributed by atoms with Gasteiger partial charge in [0.25, 0.3) is 0 Å². The van der Waals surface area contributed by atoms with E-state index in [1.807, 2.05) is 0 Å². The molecule has 146 valence electrons. The van der Waals surface area contributed by atoms with E-state index in [1.165, 1.54) is 19.1 Å². The van der Waals surface area contributed by atoms with Crippen molar-refractivity contribution in [3.63, 3.8) is 0 Å². The van der Waals surface area contributed by atoms with Gasteiger partial charge in [-0.3, -0.25) is 0 Å². The minimum absolute atomic E-state index is 0.165. The molecular formula is C19H19BF6O. The third kappa shape index (κ3) is 5.28. The van der Waals surface area contributed by atoms with Crippen LogP contribution < -0.4 is 10.9 Å². The maximum Gasteiger partial charge on any atom is 0.416 e. The second-order valence-electron chi connectivity index (χ2n) is 6.76. The zero-order valence-electron chi connectivity index (χ0n) is 15.3. The number of benzene rings is 2. The second-order valence-corrected chi connectivity index (χ2v) is 6.76. The molecule has 0 bridgehead atoms. The molecule has 0 saturated heterocycles. The van der Waals surface area contributed by atoms with Gasteiger partial charge in [-0.05, 0) is 50.8 Å². The van der Waals surface area contributed by atoms with Crippen molar-refractivity contribution < 1.29 is 31.0 Å². The van der Waals surface area contributed by atoms with Crippen LogP contribution in [-0.2, 0) is 17.0 Å². The summed E-state index contributed by atoms with van der Waals surface area (Å²) in [5.74, 6) is 0. The molecule has 0 amide bonds. The molecule has 2 aromatic carbocycles. The van der Waals surface area contributed by atoms with Crippen LogP contribution in [0.4, 0.5) is 26.3 Å². The van der Waals surface area contributed by atoms with Crippen LogP contribution in [0.25, 0.3) is 0 Å². The van der Waals surface area contributed by atoms with Gasteiger partial charge >= 0.3 is 19.3 Å². The lowest BCUT2D eigenvalue weighted by molar-refractivity contribution is -0.138. The standard InChI is InChI=1S/C19H19BF6O/c1-11(2)27-20(16-8-12(3)7-15(9-16)19(24,25)26)17-10-14(18(21,22)23)6-5-13(17)4/h5-11H,1-4H3. The van der Waals surface area contributed by atoms with Gasteiger partial charge in [-0.1, -0.05) is 35.4 Å². The van der Waals surface area contributed by atoms with Crippen molar-refractivity contribution in [2.45, 2.75) is 46.2 Å². The van der Waals surface area contributed by atoms with Crippen molar-refractivity contribution in [2.75, 3.05) is 0 Å². The molecule has 0 heterocycles. The van der Waals surface area contributed by atoms with Crippen molar-refractivity contribution in [3.05, 3.63) is 58.7 Å². The van der Waals surface area contributed by atoms with Crippen molar-refractivity contribution in [2.24, 2.45) is 0 Å². The summed E-state index contributed by atoms with van der Waals surface area (Å²) < 4.78 is 84.7. The van der Waals surface area contributed by atoms with Gasteiger partial charge in [0.05, 0.1) is 11.1 Å². The van der Waals surface area contributed by atoms with Crippen LogP contribution in [0.15, 0.2) is 36.4 Å². The highest BCUT2D eigenvalue weighted by Crippen LogP contribution is 2.30. The Morgan fingerprint density at radius 2 is 1.41 bits per heavy atom. The quantitative estimate of drug-likeness (QED) is 0.537. The molecular weight excluding hydrogens is 369 g/mol. The van der Waals surface area contributed by atoms with Gasteiger partial charge in [0, 0.05) is 6.10 Å². The Morgan fingerprint density at radius 1 is 0.815 bits per heavy atom. The van der Waals surface area contributed by atoms with Crippen LogP contribution >= 0.6 is 0 Å². The van der Waals surface area contributed by atoms with Gasteiger partial charge in [0.2, 0.25) is 0 Å². The minimum Gasteiger partial charge on any atom is -0.425 e. The van der Waals surface area contributed by atoms with E-state index in [2.05, 4.69) is 0 Å². The summed E-state index contributed by atoms with van der Waals surface area (Å²) in [7, 11) is 0. The molecule has 2 aromatic rings. The molecule has 0 aliphatic rings. The largest absolute Gasteiger partial charge is 0.425 e. The zero-order valence-corrected chi connectivity index (χ0v) is 15.3. The van der Waals surface area contributed by atoms with E-state index < -0.39 is 36.5 Å². The van der Waals surface area contributed by atoms with Gasteiger partial charge in [-0.15, -0.1) is 0 Å². The Bertz CT molecular complexity index is 811. The Morgan fingerprint density at radius 3 is 1.93 bits per heavy atom. The molecule has 0 N–H and O–H groups in total. The van der Waals surface area contributed by atoms with E-state index in [0.29, 0.717) is 11.1 Å². The third-order valence-electron chi connectivity index (χ3n) is 4.03. The molecule has 0 spiro atoms. The summed E-state index contributed by atoms with van der Waals surface area (Å²) in [5.41, 5.74) is -0.523. The lowest BCUT2D eigenvalue weighted by Crippen LogP contribution is -2.48. The molecule has 0 aliphatic heterocycles. The fraction of sp³-hybridized carbons (Fsp3) is 0.368. The highest BCUT2D eigenvalue weighted by Gasteiger charge is 2.35. The maximum absolute atomic E-state index is 13.2. The lowest BCUT2D eigenvalue weighted by Gasteiger charge is -2.22. The van der Waals surface area contributed by atoms with Crippen LogP contribution in [0.2, 0.25) is 0 Å². The normalized spacial score (nSPS) is 12.6. The van der Waals surface area contributed by atoms with E-state index >= 15 is 0 Å². The molecule has 0 fully saturated rings. The van der Waals surface area contributed by atoms with Gasteiger partial charge in [0.15, 0.2) is 0 Å². The van der Waals surface area contributed by atoms with E-state index in [-0.39, 0.29) is 10.9 Å². The summed E-state index contributed by atoms with van der Waals surface area (Å²) >= 11 is 0. The van der Waals surface area contributed by atoms with Crippen molar-refractivity contribution in [1.82, 2.24) is 0 Å². The van der Waals surface area contributed by atoms with Crippen LogP contribution in [0.3, 0.4) is 0 Å². The summed E-state index contributed by atoms with van der Waals surface area (Å²) in [6, 6.07) is 6.62. The van der Waals surface area contributed by atoms with Crippen LogP contribution in [0.1, 0.15) is 36.1 Å². The molecule has 0 radical (unpaired) electrons. The number of alkyl halides is 6. The van der Waals surface area contributed by atoms with Crippen molar-refractivity contribution in [1.29, 1.82) is 0 Å². The summed E-state index contributed by atoms with van der Waals surface area (Å²) in [5, 5.41) is 0. The Balaban J connectivity index is 2.66. The Hall–Kier alpha value is -1.96. The fourth-order valence-electron chi connectivity index (χ4n) is 2.83. The molecule has 8 heteroatoms. The van der Waals surface area contributed by atoms with E-state index in [4.69, 9.17) is 4.65 Å². The third-order valence-corrected chi connectivity index (χ3v) is 4.03. The average Bonchev–Trinajstić information content (AvgIpc) is 2.50. The van der Waals surface area contributed by atoms with Crippen molar-refractivity contribution in [3.8, 4) is 0 Å². The first-order chi connectivity index (χ1) is 12.3. The van der Waals surface area contributed by atoms with E-state index in [1.54, 1.807) is 20.8 Å². The summed E-state index contributed by atoms with van der Waals surface area (Å²) in [6.45, 7) is 5.41. The molecule has 0 aromatic heterocycles. The van der Waals surface area contributed by atoms with Crippen LogP contribution in [0.5, 0.6) is 0 Å². The van der Waals surface area contributed by atoms with Gasteiger partial charge in [-0.25, -0.2) is 0 Å². The SMILES string of the molecule is Cc1cc(B(OC(C)C)c2cc(C(F)(F)F)ccc2C)cc(C(F)(F)F)c1. The molecule has 0 aliphatic carbocycles. The van der Waals surface area contributed by atoms with Gasteiger partial charge in [-0.2, -0.15) is 26.3 Å². The number of halogens is 6. The van der Waals surface area contributed by atoms with Gasteiger partial charge < -0.3 is 4.65 Å². The van der Waals surface area contributed by atoms with E-state index in [9.17, 15) is 26.3 Å². The first-order valence-corrected chi connectivity index (χ1v) is 8.31. The Labute approximate surface area is 154 Å². The zero-order chi connectivity index (χ0) is 20.6. The van der Waals surface area contributed by atoms with Crippen LogP contribution in [0, 0.1) is 13.8 Å². The first-order valence-electron chi connectivity index (χ1n) is 8.31. The maximum atomic E-state index is 13.2. The monoisotopic (exact) mass is 388 g/mol. The fourth-order valence-corrected chi connectivity index (χ4v) is 2.83. The number of hydrogen-bond acceptors (Lipinski definition) is 1. The summed E-state index contributed by atoms with van der Waals surface area (Å²) in [6.07, 6.45) is -9.53. The highest BCUT2D eigenvalue weighted by molar-refractivity contribution is 6.80. The molecule has 1 nitrogen and oxygen atoms in total. The van der Waals surface area contributed by atoms with Crippen LogP contribution in [-0.4, -0.2) is 13.0 Å².